The minimum absolute atomic E-state index is 0.0902. The molecule has 5 N–H and O–H groups in total. The lowest BCUT2D eigenvalue weighted by molar-refractivity contribution is -0.137. The van der Waals surface area contributed by atoms with Crippen molar-refractivity contribution in [1.29, 1.82) is 0 Å². The summed E-state index contributed by atoms with van der Waals surface area (Å²) in [6, 6.07) is -0.893. The minimum Gasteiger partial charge on any atom is -0.480 e. The molecule has 0 unspecified atom stereocenters. The van der Waals surface area contributed by atoms with Gasteiger partial charge in [0, 0.05) is 11.9 Å². The fraction of sp³-hybridized carbons (Fsp3) is 0.400. The van der Waals surface area contributed by atoms with Crippen LogP contribution >= 0.6 is 11.8 Å². The third kappa shape index (κ3) is 4.22. The van der Waals surface area contributed by atoms with Crippen LogP contribution in [0.5, 0.6) is 0 Å². The summed E-state index contributed by atoms with van der Waals surface area (Å²) in [7, 11) is 0. The van der Waals surface area contributed by atoms with E-state index in [9.17, 15) is 4.79 Å². The van der Waals surface area contributed by atoms with Gasteiger partial charge in [-0.3, -0.25) is 4.79 Å². The van der Waals surface area contributed by atoms with E-state index in [1.54, 1.807) is 0 Å². The van der Waals surface area contributed by atoms with E-state index < -0.39 is 12.0 Å². The Morgan fingerprint density at radius 2 is 2.60 bits per heavy atom. The van der Waals surface area contributed by atoms with E-state index >= 15 is 0 Å². The average molecular weight is 163 g/mol. The van der Waals surface area contributed by atoms with Crippen molar-refractivity contribution in [3.63, 3.8) is 0 Å². The minimum atomic E-state index is -1.05. The Labute approximate surface area is 64.7 Å². The van der Waals surface area contributed by atoms with Gasteiger partial charge in [0.1, 0.15) is 6.04 Å². The molecular formula is C5H10N2O2S. The molecule has 4 nitrogen and oxygen atoms in total. The first kappa shape index (κ1) is 7.43. The van der Waals surface area contributed by atoms with Crippen LogP contribution in [0.2, 0.25) is 0 Å². The highest BCUT2D eigenvalue weighted by Gasteiger charge is 2.09. The Kier molecular flexibility index (Phi) is 3.81. The maximum absolute atomic E-state index is 10.1. The van der Waals surface area contributed by atoms with Gasteiger partial charge >= 0.3 is 5.97 Å². The topological polar surface area (TPSA) is 89.3 Å². The van der Waals surface area contributed by atoms with Crippen molar-refractivity contribution in [3.8, 4) is 0 Å². The molecule has 0 amide bonds. The predicted octanol–water partition coefficient (Wildman–Crippen LogP) is -0.439. The third-order valence-corrected chi connectivity index (χ3v) is 1.60. The summed E-state index contributed by atoms with van der Waals surface area (Å²) in [5.74, 6) is -0.816. The molecule has 0 aromatic carbocycles. The van der Waals surface area contributed by atoms with Crippen LogP contribution in [0.15, 0.2) is 11.6 Å². The van der Waals surface area contributed by atoms with Crippen LogP contribution in [0, 0.1) is 0 Å². The van der Waals surface area contributed by atoms with Crippen molar-refractivity contribution < 1.29 is 11.3 Å². The van der Waals surface area contributed by atoms with E-state index in [2.05, 4.69) is 0 Å². The molecule has 0 aliphatic heterocycles. The lowest BCUT2D eigenvalue weighted by atomic mass is 10.4. The summed E-state index contributed by atoms with van der Waals surface area (Å²) in [6.07, 6.45) is -0.0902. The van der Waals surface area contributed by atoms with Crippen molar-refractivity contribution in [2.24, 2.45) is 11.5 Å². The van der Waals surface area contributed by atoms with Crippen LogP contribution in [0.1, 0.15) is 1.37 Å². The monoisotopic (exact) mass is 163 g/mol. The second-order valence-electron chi connectivity index (χ2n) is 1.56. The number of hydrogen-bond donors (Lipinski definition) is 3. The molecule has 5 heteroatoms. The van der Waals surface area contributed by atoms with Gasteiger partial charge in [0.25, 0.3) is 0 Å². The van der Waals surface area contributed by atoms with Gasteiger partial charge < -0.3 is 16.6 Å². The number of aliphatic carboxylic acids is 1. The number of carbonyl (C=O) groups is 1. The molecule has 0 rings (SSSR count). The van der Waals surface area contributed by atoms with Crippen LogP contribution < -0.4 is 11.5 Å². The summed E-state index contributed by atoms with van der Waals surface area (Å²) < 4.78 is 6.76. The number of hydrogen-bond acceptors (Lipinski definition) is 4. The van der Waals surface area contributed by atoms with Crippen molar-refractivity contribution in [2.45, 2.75) is 6.04 Å². The first-order chi connectivity index (χ1) is 5.04. The number of carboxylic acids is 1. The largest absolute Gasteiger partial charge is 0.480 e. The molecule has 0 fully saturated rings. The van der Waals surface area contributed by atoms with E-state index in [1.807, 2.05) is 0 Å². The average Bonchev–Trinajstić information content (AvgIpc) is 1.86. The zero-order chi connectivity index (χ0) is 8.85. The van der Waals surface area contributed by atoms with Gasteiger partial charge in [-0.15, -0.1) is 11.8 Å². The molecule has 0 saturated carbocycles. The second-order valence-corrected chi connectivity index (χ2v) is 2.46. The first-order valence-corrected chi connectivity index (χ1v) is 3.61. The highest BCUT2D eigenvalue weighted by molar-refractivity contribution is 8.02. The molecule has 0 bridgehead atoms. The van der Waals surface area contributed by atoms with Crippen LogP contribution in [0.4, 0.5) is 0 Å². The Bertz CT molecular complexity index is 170. The van der Waals surface area contributed by atoms with Gasteiger partial charge in [-0.2, -0.15) is 0 Å². The maximum Gasteiger partial charge on any atom is 0.321 e. The first-order valence-electron chi connectivity index (χ1n) is 3.06. The Balaban J connectivity index is 3.55. The van der Waals surface area contributed by atoms with E-state index in [4.69, 9.17) is 17.9 Å². The third-order valence-electron chi connectivity index (χ3n) is 0.744. The Morgan fingerprint density at radius 3 is 3.00 bits per heavy atom. The Morgan fingerprint density at radius 1 is 2.00 bits per heavy atom. The van der Waals surface area contributed by atoms with Gasteiger partial charge in [-0.25, -0.2) is 0 Å². The van der Waals surface area contributed by atoms with Crippen molar-refractivity contribution in [3.05, 3.63) is 11.6 Å². The number of rotatable bonds is 4. The lowest BCUT2D eigenvalue weighted by Gasteiger charge is -2.01. The number of carboxylic acid groups (broad SMARTS) is 1. The fourth-order valence-corrected chi connectivity index (χ4v) is 0.814. The molecule has 10 heavy (non-hydrogen) atoms. The molecule has 1 atom stereocenters. The lowest BCUT2D eigenvalue weighted by Crippen LogP contribution is -2.32. The summed E-state index contributed by atoms with van der Waals surface area (Å²) in [5, 5.41) is 9.66. The molecule has 0 aliphatic rings. The molecule has 0 aromatic heterocycles. The SMILES string of the molecule is [2H]/C(N)=C/SC[C@H](N)C(=O)O. The highest BCUT2D eigenvalue weighted by atomic mass is 32.2. The molecule has 0 radical (unpaired) electrons. The smallest absolute Gasteiger partial charge is 0.321 e. The molecular weight excluding hydrogens is 152 g/mol. The van der Waals surface area contributed by atoms with Crippen molar-refractivity contribution in [2.75, 3.05) is 5.75 Å². The van der Waals surface area contributed by atoms with Gasteiger partial charge in [-0.05, 0) is 5.41 Å². The maximum atomic E-state index is 10.1. The predicted molar refractivity (Wildman–Crippen MR) is 41.4 cm³/mol. The molecule has 58 valence electrons. The quantitative estimate of drug-likeness (QED) is 0.523. The van der Waals surface area contributed by atoms with E-state index in [0.717, 1.165) is 11.8 Å². The highest BCUT2D eigenvalue weighted by Crippen LogP contribution is 2.01. The van der Waals surface area contributed by atoms with Crippen molar-refractivity contribution >= 4 is 17.7 Å². The number of thioether (sulfide) groups is 1. The van der Waals surface area contributed by atoms with Gasteiger partial charge in [-0.1, -0.05) is 0 Å². The zero-order valence-electron chi connectivity index (χ0n) is 6.28. The van der Waals surface area contributed by atoms with E-state index in [0.29, 0.717) is 0 Å². The van der Waals surface area contributed by atoms with Gasteiger partial charge in [0.15, 0.2) is 0 Å². The molecule has 0 aliphatic carbocycles. The summed E-state index contributed by atoms with van der Waals surface area (Å²) in [5.41, 5.74) is 10.1. The second kappa shape index (κ2) is 5.13. The van der Waals surface area contributed by atoms with Crippen LogP contribution in [0.3, 0.4) is 0 Å². The summed E-state index contributed by atoms with van der Waals surface area (Å²) in [4.78, 5) is 10.1. The van der Waals surface area contributed by atoms with Gasteiger partial charge in [0.2, 0.25) is 0 Å². The number of nitrogens with two attached hydrogens (primary N) is 2. The summed E-state index contributed by atoms with van der Waals surface area (Å²) >= 11 is 1.12. The van der Waals surface area contributed by atoms with E-state index in [1.165, 1.54) is 5.41 Å². The van der Waals surface area contributed by atoms with Crippen LogP contribution in [-0.2, 0) is 4.79 Å². The molecule has 0 spiro atoms. The normalized spacial score (nSPS) is 16.1. The van der Waals surface area contributed by atoms with Crippen LogP contribution in [-0.4, -0.2) is 22.9 Å². The molecule has 0 aromatic rings. The van der Waals surface area contributed by atoms with Crippen molar-refractivity contribution in [1.82, 2.24) is 0 Å². The molecule has 0 heterocycles. The fourth-order valence-electron chi connectivity index (χ4n) is 0.271. The van der Waals surface area contributed by atoms with Crippen LogP contribution in [0.25, 0.3) is 0 Å². The standard InChI is InChI=1S/C5H10N2O2S/c6-1-2-10-3-4(7)5(8)9/h1-2,4H,3,6-7H2,(H,8,9)/b2-1-/t4-/m0/s1/i1D. The zero-order valence-corrected chi connectivity index (χ0v) is 6.10. The van der Waals surface area contributed by atoms with E-state index in [-0.39, 0.29) is 11.9 Å². The molecule has 0 saturated heterocycles. The Hall–Kier alpha value is -0.680. The summed E-state index contributed by atoms with van der Waals surface area (Å²) in [6.45, 7) is 0. The van der Waals surface area contributed by atoms with Gasteiger partial charge in [0.05, 0.1) is 1.37 Å².